The van der Waals surface area contributed by atoms with E-state index in [1.54, 1.807) is 35.2 Å². The molecule has 1 aliphatic rings. The van der Waals surface area contributed by atoms with Crippen molar-refractivity contribution in [3.05, 3.63) is 80.5 Å². The van der Waals surface area contributed by atoms with E-state index in [1.807, 2.05) is 13.8 Å². The van der Waals surface area contributed by atoms with Crippen LogP contribution in [0.5, 0.6) is 5.75 Å². The van der Waals surface area contributed by atoms with E-state index in [2.05, 4.69) is 9.97 Å². The van der Waals surface area contributed by atoms with Crippen molar-refractivity contribution < 1.29 is 32.5 Å². The number of hydrogen-bond acceptors (Lipinski definition) is 7. The van der Waals surface area contributed by atoms with Gasteiger partial charge in [-0.05, 0) is 48.7 Å². The molecule has 1 aliphatic heterocycles. The second-order valence-corrected chi connectivity index (χ2v) is 11.1. The number of likely N-dealkylation sites (tertiary alicyclic amines) is 1. The number of carbonyl (C=O) groups is 1. The molecule has 3 heterocycles. The normalized spacial score (nSPS) is 17.2. The van der Waals surface area contributed by atoms with Crippen molar-refractivity contribution in [2.24, 2.45) is 5.92 Å². The van der Waals surface area contributed by atoms with Crippen LogP contribution in [0.1, 0.15) is 44.2 Å². The fourth-order valence-electron chi connectivity index (χ4n) is 5.64. The number of nitrogens with zero attached hydrogens (tertiary/aromatic N) is 4. The van der Waals surface area contributed by atoms with Gasteiger partial charge in [0.15, 0.2) is 11.9 Å². The molecule has 0 bridgehead atoms. The lowest BCUT2D eigenvalue weighted by Gasteiger charge is -2.23. The Kier molecular flexibility index (Phi) is 9.32. The Bertz CT molecular complexity index is 1780. The van der Waals surface area contributed by atoms with E-state index in [0.29, 0.717) is 67.2 Å². The molecule has 5 rings (SSSR count). The smallest absolute Gasteiger partial charge is 0.493 e. The monoisotopic (exact) mass is 629 g/mol. The Morgan fingerprint density at radius 2 is 1.78 bits per heavy atom. The number of benzene rings is 2. The number of H-pyrrole nitrogens is 1. The summed E-state index contributed by atoms with van der Waals surface area (Å²) in [7, 11) is 0. The molecule has 2 aromatic heterocycles. The Labute approximate surface area is 255 Å². The van der Waals surface area contributed by atoms with Gasteiger partial charge in [0.2, 0.25) is 0 Å². The number of nitrogens with one attached hydrogen (secondary N) is 1. The molecule has 4 aromatic rings. The van der Waals surface area contributed by atoms with Crippen LogP contribution in [0.4, 0.5) is 18.0 Å². The predicted octanol–water partition coefficient (Wildman–Crippen LogP) is 5.31. The van der Waals surface area contributed by atoms with Gasteiger partial charge in [-0.25, -0.2) is 14.6 Å². The van der Waals surface area contributed by atoms with Gasteiger partial charge >= 0.3 is 18.0 Å². The standard InChI is InChI=1S/C31H34F3N5O6/c1-3-12-38-27-25(28(40)39(13-4-2)29(38)41)35-26(36-27)21-8-10-23(11-9-21)44-18-20-15-24(45-30(42)43)37(17-20)16-19-6-5-7-22(14-19)31(32,33)34/h5-11,14,20,24H,3-4,12-13,15-18H2,1-2H3,(H,35,36)(H,42,43). The number of halogens is 3. The van der Waals surface area contributed by atoms with Crippen LogP contribution in [-0.4, -0.2) is 54.6 Å². The quantitative estimate of drug-likeness (QED) is 0.213. The number of ether oxygens (including phenoxy) is 2. The van der Waals surface area contributed by atoms with Gasteiger partial charge < -0.3 is 19.6 Å². The van der Waals surface area contributed by atoms with Gasteiger partial charge in [0.25, 0.3) is 5.56 Å². The van der Waals surface area contributed by atoms with Crippen molar-refractivity contribution in [1.29, 1.82) is 0 Å². The Hall–Kier alpha value is -4.59. The minimum atomic E-state index is -4.48. The molecule has 2 aromatic carbocycles. The minimum absolute atomic E-state index is 0.0835. The van der Waals surface area contributed by atoms with E-state index >= 15 is 0 Å². The second kappa shape index (κ2) is 13.2. The topological polar surface area (TPSA) is 132 Å². The highest BCUT2D eigenvalue weighted by molar-refractivity contribution is 5.75. The molecule has 2 unspecified atom stereocenters. The number of carboxylic acid groups (broad SMARTS) is 1. The molecular formula is C31H34F3N5O6. The zero-order chi connectivity index (χ0) is 32.3. The number of rotatable bonds is 11. The summed E-state index contributed by atoms with van der Waals surface area (Å²) in [6, 6.07) is 11.9. The first kappa shape index (κ1) is 31.8. The van der Waals surface area contributed by atoms with Crippen LogP contribution in [0.3, 0.4) is 0 Å². The molecule has 0 amide bonds. The van der Waals surface area contributed by atoms with Crippen molar-refractivity contribution in [2.75, 3.05) is 13.2 Å². The van der Waals surface area contributed by atoms with E-state index < -0.39 is 29.7 Å². The predicted molar refractivity (Wildman–Crippen MR) is 159 cm³/mol. The molecule has 11 nitrogen and oxygen atoms in total. The molecule has 0 spiro atoms. The van der Waals surface area contributed by atoms with Gasteiger partial charge in [-0.15, -0.1) is 0 Å². The SMILES string of the molecule is CCCn1c(=O)c2[nH]c(-c3ccc(OCC4CC(OC(=O)O)N(Cc5cccc(C(F)(F)F)c5)C4)cc3)nc2n(CCC)c1=O. The number of aryl methyl sites for hydroxylation is 1. The van der Waals surface area contributed by atoms with E-state index in [1.165, 1.54) is 15.2 Å². The summed E-state index contributed by atoms with van der Waals surface area (Å²) in [4.78, 5) is 46.6. The zero-order valence-corrected chi connectivity index (χ0v) is 24.8. The van der Waals surface area contributed by atoms with Crippen molar-refractivity contribution >= 4 is 17.3 Å². The summed E-state index contributed by atoms with van der Waals surface area (Å²) >= 11 is 0. The Morgan fingerprint density at radius 3 is 2.44 bits per heavy atom. The van der Waals surface area contributed by atoms with Gasteiger partial charge in [0, 0.05) is 44.1 Å². The molecule has 1 fully saturated rings. The lowest BCUT2D eigenvalue weighted by Crippen LogP contribution is -2.40. The second-order valence-electron chi connectivity index (χ2n) is 11.1. The van der Waals surface area contributed by atoms with Gasteiger partial charge in [0.05, 0.1) is 12.2 Å². The Balaban J connectivity index is 1.28. The first-order chi connectivity index (χ1) is 21.5. The average molecular weight is 630 g/mol. The highest BCUT2D eigenvalue weighted by Gasteiger charge is 2.36. The maximum absolute atomic E-state index is 13.2. The summed E-state index contributed by atoms with van der Waals surface area (Å²) in [5.74, 6) is 0.827. The lowest BCUT2D eigenvalue weighted by molar-refractivity contribution is -0.137. The molecule has 0 radical (unpaired) electrons. The summed E-state index contributed by atoms with van der Waals surface area (Å²) < 4.78 is 53.3. The van der Waals surface area contributed by atoms with Crippen LogP contribution >= 0.6 is 0 Å². The molecule has 14 heteroatoms. The van der Waals surface area contributed by atoms with Crippen LogP contribution in [0, 0.1) is 5.92 Å². The summed E-state index contributed by atoms with van der Waals surface area (Å²) in [5, 5.41) is 9.21. The molecule has 240 valence electrons. The highest BCUT2D eigenvalue weighted by atomic mass is 19.4. The number of imidazole rings is 1. The van der Waals surface area contributed by atoms with Crippen molar-refractivity contribution in [2.45, 2.75) is 65.1 Å². The number of fused-ring (bicyclic) bond motifs is 1. The van der Waals surface area contributed by atoms with Gasteiger partial charge in [-0.1, -0.05) is 32.0 Å². The van der Waals surface area contributed by atoms with E-state index in [-0.39, 0.29) is 30.3 Å². The van der Waals surface area contributed by atoms with E-state index in [9.17, 15) is 32.7 Å². The Morgan fingerprint density at radius 1 is 1.07 bits per heavy atom. The van der Waals surface area contributed by atoms with E-state index in [0.717, 1.165) is 12.1 Å². The fraction of sp³-hybridized carbons (Fsp3) is 0.419. The highest BCUT2D eigenvalue weighted by Crippen LogP contribution is 2.32. The minimum Gasteiger partial charge on any atom is -0.493 e. The third kappa shape index (κ3) is 7.06. The first-order valence-corrected chi connectivity index (χ1v) is 14.7. The third-order valence-corrected chi connectivity index (χ3v) is 7.68. The molecule has 45 heavy (non-hydrogen) atoms. The number of aromatic nitrogens is 4. The first-order valence-electron chi connectivity index (χ1n) is 14.7. The molecule has 2 N–H and O–H groups in total. The summed E-state index contributed by atoms with van der Waals surface area (Å²) in [6.07, 6.45) is -5.13. The zero-order valence-electron chi connectivity index (χ0n) is 24.8. The van der Waals surface area contributed by atoms with Gasteiger partial charge in [-0.3, -0.25) is 18.8 Å². The van der Waals surface area contributed by atoms with Crippen molar-refractivity contribution in [1.82, 2.24) is 24.0 Å². The van der Waals surface area contributed by atoms with E-state index in [4.69, 9.17) is 9.47 Å². The number of hydrogen-bond donors (Lipinski definition) is 2. The molecule has 2 atom stereocenters. The number of aromatic amines is 1. The summed E-state index contributed by atoms with van der Waals surface area (Å²) in [6.45, 7) is 5.24. The van der Waals surface area contributed by atoms with Crippen molar-refractivity contribution in [3.8, 4) is 17.1 Å². The van der Waals surface area contributed by atoms with Crippen LogP contribution < -0.4 is 16.0 Å². The molecule has 0 saturated carbocycles. The van der Waals surface area contributed by atoms with Gasteiger partial charge in [0.1, 0.15) is 17.1 Å². The molecule has 0 aliphatic carbocycles. The number of alkyl halides is 3. The molecular weight excluding hydrogens is 595 g/mol. The van der Waals surface area contributed by atoms with Crippen LogP contribution in [0.15, 0.2) is 58.1 Å². The largest absolute Gasteiger partial charge is 0.507 e. The molecule has 1 saturated heterocycles. The maximum atomic E-state index is 13.2. The maximum Gasteiger partial charge on any atom is 0.507 e. The van der Waals surface area contributed by atoms with Crippen LogP contribution in [-0.2, 0) is 30.5 Å². The third-order valence-electron chi connectivity index (χ3n) is 7.68. The van der Waals surface area contributed by atoms with Crippen LogP contribution in [0.2, 0.25) is 0 Å². The fourth-order valence-corrected chi connectivity index (χ4v) is 5.64. The van der Waals surface area contributed by atoms with Gasteiger partial charge in [-0.2, -0.15) is 13.2 Å². The lowest BCUT2D eigenvalue weighted by atomic mass is 10.1. The average Bonchev–Trinajstić information content (AvgIpc) is 3.60. The van der Waals surface area contributed by atoms with Crippen molar-refractivity contribution in [3.63, 3.8) is 0 Å². The summed E-state index contributed by atoms with van der Waals surface area (Å²) in [5.41, 5.74) is 0.0800. The van der Waals surface area contributed by atoms with Crippen LogP contribution in [0.25, 0.3) is 22.6 Å².